The molecule has 1 aromatic carbocycles. The van der Waals surface area contributed by atoms with E-state index >= 15 is 0 Å². The van der Waals surface area contributed by atoms with Crippen LogP contribution >= 0.6 is 27.7 Å². The second-order valence-electron chi connectivity index (χ2n) is 3.84. The second kappa shape index (κ2) is 6.25. The van der Waals surface area contributed by atoms with Crippen molar-refractivity contribution in [3.8, 4) is 0 Å². The summed E-state index contributed by atoms with van der Waals surface area (Å²) in [6.07, 6.45) is 1.55. The fourth-order valence-corrected chi connectivity index (χ4v) is 2.96. The van der Waals surface area contributed by atoms with Gasteiger partial charge in [-0.05, 0) is 24.3 Å². The summed E-state index contributed by atoms with van der Waals surface area (Å²) >= 11 is 4.41. The Morgan fingerprint density at radius 2 is 2.26 bits per heavy atom. The number of primary amides is 1. The van der Waals surface area contributed by atoms with E-state index in [4.69, 9.17) is 10.2 Å². The number of hydrogen-bond acceptors (Lipinski definition) is 3. The Morgan fingerprint density at radius 3 is 2.84 bits per heavy atom. The molecule has 0 aliphatic heterocycles. The maximum Gasteiger partial charge on any atom is 0.235 e. The van der Waals surface area contributed by atoms with Crippen LogP contribution in [-0.2, 0) is 10.5 Å². The third-order valence-electron chi connectivity index (χ3n) is 2.48. The average molecular weight is 344 g/mol. The Kier molecular flexibility index (Phi) is 4.66. The number of carbonyl (C=O) groups is 1. The first-order valence-corrected chi connectivity index (χ1v) is 7.30. The zero-order chi connectivity index (χ0) is 13.8. The molecule has 19 heavy (non-hydrogen) atoms. The van der Waals surface area contributed by atoms with Crippen LogP contribution in [0.5, 0.6) is 0 Å². The molecule has 0 saturated heterocycles. The summed E-state index contributed by atoms with van der Waals surface area (Å²) in [7, 11) is 0. The van der Waals surface area contributed by atoms with E-state index in [0.29, 0.717) is 16.0 Å². The van der Waals surface area contributed by atoms with Crippen molar-refractivity contribution in [2.45, 2.75) is 11.0 Å². The van der Waals surface area contributed by atoms with Crippen LogP contribution in [0.4, 0.5) is 4.39 Å². The minimum Gasteiger partial charge on any atom is -0.468 e. The number of benzene rings is 1. The lowest BCUT2D eigenvalue weighted by molar-refractivity contribution is -0.117. The lowest BCUT2D eigenvalue weighted by Crippen LogP contribution is -2.20. The molecule has 2 N–H and O–H groups in total. The Hall–Kier alpha value is -1.27. The second-order valence-corrected chi connectivity index (χ2v) is 5.85. The predicted molar refractivity (Wildman–Crippen MR) is 76.0 cm³/mol. The molecule has 6 heteroatoms. The van der Waals surface area contributed by atoms with Crippen molar-refractivity contribution in [3.63, 3.8) is 0 Å². The third kappa shape index (κ3) is 3.61. The molecular formula is C13H11BrFNO2S. The summed E-state index contributed by atoms with van der Waals surface area (Å²) in [6, 6.07) is 8.11. The number of rotatable bonds is 5. The summed E-state index contributed by atoms with van der Waals surface area (Å²) < 4.78 is 19.6. The average Bonchev–Trinajstić information content (AvgIpc) is 2.84. The van der Waals surface area contributed by atoms with E-state index in [1.165, 1.54) is 17.8 Å². The molecule has 0 spiro atoms. The normalized spacial score (nSPS) is 12.3. The molecule has 1 aromatic heterocycles. The number of halogens is 2. The van der Waals surface area contributed by atoms with Crippen LogP contribution in [0.3, 0.4) is 0 Å². The highest BCUT2D eigenvalue weighted by molar-refractivity contribution is 9.10. The monoisotopic (exact) mass is 343 g/mol. The molecule has 0 aliphatic carbocycles. The zero-order valence-corrected chi connectivity index (χ0v) is 12.2. The van der Waals surface area contributed by atoms with Gasteiger partial charge in [0, 0.05) is 10.0 Å². The summed E-state index contributed by atoms with van der Waals surface area (Å²) in [5.74, 6) is 0.146. The van der Waals surface area contributed by atoms with Gasteiger partial charge in [0.2, 0.25) is 5.91 Å². The molecule has 1 amide bonds. The van der Waals surface area contributed by atoms with Gasteiger partial charge in [0.15, 0.2) is 0 Å². The molecule has 0 fully saturated rings. The molecular weight excluding hydrogens is 333 g/mol. The van der Waals surface area contributed by atoms with Crippen LogP contribution in [0.2, 0.25) is 0 Å². The molecule has 2 aromatic rings. The number of hydrogen-bond donors (Lipinski definition) is 1. The summed E-state index contributed by atoms with van der Waals surface area (Å²) in [4.78, 5) is 11.5. The van der Waals surface area contributed by atoms with Crippen molar-refractivity contribution in [1.29, 1.82) is 0 Å². The molecule has 0 bridgehead atoms. The van der Waals surface area contributed by atoms with Gasteiger partial charge in [-0.15, -0.1) is 11.8 Å². The highest BCUT2D eigenvalue weighted by Gasteiger charge is 2.22. The Labute approximate surface area is 122 Å². The van der Waals surface area contributed by atoms with Crippen LogP contribution in [-0.4, -0.2) is 5.91 Å². The summed E-state index contributed by atoms with van der Waals surface area (Å²) in [5.41, 5.74) is 5.63. The fraction of sp³-hybridized carbons (Fsp3) is 0.154. The van der Waals surface area contributed by atoms with E-state index in [1.54, 1.807) is 30.5 Å². The number of amides is 1. The van der Waals surface area contributed by atoms with E-state index < -0.39 is 17.0 Å². The SMILES string of the molecule is NC(=O)[C@H](SCc1ccco1)c1ccc(Br)cc1F. The molecule has 3 nitrogen and oxygen atoms in total. The maximum absolute atomic E-state index is 13.9. The van der Waals surface area contributed by atoms with Crippen molar-refractivity contribution in [2.24, 2.45) is 5.73 Å². The van der Waals surface area contributed by atoms with Crippen molar-refractivity contribution >= 4 is 33.6 Å². The van der Waals surface area contributed by atoms with Crippen LogP contribution in [0.15, 0.2) is 45.5 Å². The minimum atomic E-state index is -0.738. The van der Waals surface area contributed by atoms with Gasteiger partial charge in [-0.3, -0.25) is 4.79 Å². The van der Waals surface area contributed by atoms with Gasteiger partial charge in [-0.1, -0.05) is 22.0 Å². The summed E-state index contributed by atoms with van der Waals surface area (Å²) in [5, 5.41) is -0.738. The molecule has 1 heterocycles. The van der Waals surface area contributed by atoms with Crippen molar-refractivity contribution in [2.75, 3.05) is 0 Å². The number of thioether (sulfide) groups is 1. The lowest BCUT2D eigenvalue weighted by atomic mass is 10.1. The highest BCUT2D eigenvalue weighted by atomic mass is 79.9. The van der Waals surface area contributed by atoms with Gasteiger partial charge in [0.05, 0.1) is 12.0 Å². The van der Waals surface area contributed by atoms with Crippen LogP contribution < -0.4 is 5.73 Å². The van der Waals surface area contributed by atoms with Gasteiger partial charge in [-0.2, -0.15) is 0 Å². The zero-order valence-electron chi connectivity index (χ0n) is 9.81. The maximum atomic E-state index is 13.9. The molecule has 0 radical (unpaired) electrons. The van der Waals surface area contributed by atoms with Crippen LogP contribution in [0.1, 0.15) is 16.6 Å². The van der Waals surface area contributed by atoms with E-state index in [0.717, 1.165) is 0 Å². The molecule has 0 saturated carbocycles. The first-order chi connectivity index (χ1) is 9.08. The Morgan fingerprint density at radius 1 is 1.47 bits per heavy atom. The van der Waals surface area contributed by atoms with Crippen molar-refractivity contribution in [1.82, 2.24) is 0 Å². The van der Waals surface area contributed by atoms with E-state index in [-0.39, 0.29) is 5.56 Å². The largest absolute Gasteiger partial charge is 0.468 e. The number of carbonyl (C=O) groups excluding carboxylic acids is 1. The van der Waals surface area contributed by atoms with Gasteiger partial charge >= 0.3 is 0 Å². The van der Waals surface area contributed by atoms with E-state index in [1.807, 2.05) is 0 Å². The lowest BCUT2D eigenvalue weighted by Gasteiger charge is -2.13. The van der Waals surface area contributed by atoms with E-state index in [2.05, 4.69) is 15.9 Å². The summed E-state index contributed by atoms with van der Waals surface area (Å²) in [6.45, 7) is 0. The molecule has 2 rings (SSSR count). The fourth-order valence-electron chi connectivity index (χ4n) is 1.60. The first kappa shape index (κ1) is 14.1. The standard InChI is InChI=1S/C13H11BrFNO2S/c14-8-3-4-10(11(15)6-8)12(13(16)17)19-7-9-2-1-5-18-9/h1-6,12H,7H2,(H2,16,17)/t12-/m1/s1. The van der Waals surface area contributed by atoms with Crippen LogP contribution in [0, 0.1) is 5.82 Å². The Balaban J connectivity index is 2.17. The number of furan rings is 1. The topological polar surface area (TPSA) is 56.2 Å². The van der Waals surface area contributed by atoms with Gasteiger partial charge in [-0.25, -0.2) is 4.39 Å². The molecule has 100 valence electrons. The predicted octanol–water partition coefficient (Wildman–Crippen LogP) is 3.64. The van der Waals surface area contributed by atoms with Gasteiger partial charge in [0.25, 0.3) is 0 Å². The van der Waals surface area contributed by atoms with E-state index in [9.17, 15) is 9.18 Å². The molecule has 0 unspecified atom stereocenters. The van der Waals surface area contributed by atoms with Crippen molar-refractivity contribution < 1.29 is 13.6 Å². The van der Waals surface area contributed by atoms with Crippen molar-refractivity contribution in [3.05, 3.63) is 58.2 Å². The van der Waals surface area contributed by atoms with Gasteiger partial charge < -0.3 is 10.2 Å². The minimum absolute atomic E-state index is 0.284. The molecule has 0 aliphatic rings. The highest BCUT2D eigenvalue weighted by Crippen LogP contribution is 2.33. The molecule has 1 atom stereocenters. The smallest absolute Gasteiger partial charge is 0.235 e. The van der Waals surface area contributed by atoms with Crippen LogP contribution in [0.25, 0.3) is 0 Å². The quantitative estimate of drug-likeness (QED) is 0.901. The first-order valence-electron chi connectivity index (χ1n) is 5.46. The Bertz CT molecular complexity index is 574. The third-order valence-corrected chi connectivity index (χ3v) is 4.24. The number of nitrogens with two attached hydrogens (primary N) is 1. The van der Waals surface area contributed by atoms with Gasteiger partial charge in [0.1, 0.15) is 16.8 Å².